The highest BCUT2D eigenvalue weighted by atomic mass is 79.9. The van der Waals surface area contributed by atoms with Gasteiger partial charge < -0.3 is 5.32 Å². The Bertz CT molecular complexity index is 524. The molecule has 7 heteroatoms. The first-order valence-electron chi connectivity index (χ1n) is 5.51. The summed E-state index contributed by atoms with van der Waals surface area (Å²) < 4.78 is 25.5. The van der Waals surface area contributed by atoms with E-state index in [2.05, 4.69) is 26.3 Å². The maximum absolute atomic E-state index is 11.3. The zero-order valence-electron chi connectivity index (χ0n) is 9.90. The minimum Gasteiger partial charge on any atom is -0.307 e. The van der Waals surface area contributed by atoms with Gasteiger partial charge in [0.15, 0.2) is 9.84 Å². The van der Waals surface area contributed by atoms with Crippen LogP contribution in [0.1, 0.15) is 17.8 Å². The van der Waals surface area contributed by atoms with Gasteiger partial charge in [-0.1, -0.05) is 0 Å². The van der Waals surface area contributed by atoms with Crippen LogP contribution in [0.15, 0.2) is 4.47 Å². The van der Waals surface area contributed by atoms with Crippen molar-refractivity contribution >= 4 is 25.8 Å². The van der Waals surface area contributed by atoms with Crippen LogP contribution in [0.3, 0.4) is 0 Å². The molecule has 96 valence electrons. The summed E-state index contributed by atoms with van der Waals surface area (Å²) in [5, 5.41) is 7.57. The molecule has 0 saturated carbocycles. The Hall–Kier alpha value is -0.400. The van der Waals surface area contributed by atoms with E-state index < -0.39 is 9.84 Å². The molecule has 1 aliphatic heterocycles. The third-order valence-corrected chi connectivity index (χ3v) is 5.85. The topological polar surface area (TPSA) is 64.0 Å². The lowest BCUT2D eigenvalue weighted by Gasteiger charge is -2.11. The highest BCUT2D eigenvalue weighted by molar-refractivity contribution is 9.10. The molecule has 1 unspecified atom stereocenters. The summed E-state index contributed by atoms with van der Waals surface area (Å²) in [6.07, 6.45) is 0.705. The van der Waals surface area contributed by atoms with Crippen LogP contribution in [-0.2, 0) is 23.4 Å². The Kier molecular flexibility index (Phi) is 3.61. The lowest BCUT2D eigenvalue weighted by atomic mass is 10.2. The summed E-state index contributed by atoms with van der Waals surface area (Å²) in [5.41, 5.74) is 2.00. The van der Waals surface area contributed by atoms with E-state index in [1.165, 1.54) is 0 Å². The van der Waals surface area contributed by atoms with E-state index in [-0.39, 0.29) is 11.8 Å². The van der Waals surface area contributed by atoms with Crippen LogP contribution in [0.25, 0.3) is 0 Å². The second-order valence-corrected chi connectivity index (χ2v) is 7.47. The Balaban J connectivity index is 1.99. The highest BCUT2D eigenvalue weighted by Gasteiger charge is 2.27. The fourth-order valence-electron chi connectivity index (χ4n) is 2.07. The summed E-state index contributed by atoms with van der Waals surface area (Å²) in [4.78, 5) is 0. The summed E-state index contributed by atoms with van der Waals surface area (Å²) >= 11 is 3.49. The van der Waals surface area contributed by atoms with E-state index in [0.29, 0.717) is 18.7 Å². The van der Waals surface area contributed by atoms with Crippen LogP contribution >= 0.6 is 15.9 Å². The van der Waals surface area contributed by atoms with Crippen LogP contribution in [-0.4, -0.2) is 35.7 Å². The first-order chi connectivity index (χ1) is 7.89. The standard InChI is InChI=1S/C10H16BrN3O2S/c1-7-10(11)9(14(2)13-7)5-12-8-3-4-17(15,16)6-8/h8,12H,3-6H2,1-2H3. The fourth-order valence-corrected chi connectivity index (χ4v) is 4.25. The number of nitrogens with one attached hydrogen (secondary N) is 1. The number of hydrogen-bond donors (Lipinski definition) is 1. The van der Waals surface area contributed by atoms with Crippen molar-refractivity contribution in [2.24, 2.45) is 7.05 Å². The normalized spacial score (nSPS) is 23.1. The van der Waals surface area contributed by atoms with Gasteiger partial charge in [-0.25, -0.2) is 8.42 Å². The molecule has 1 aromatic rings. The molecule has 0 spiro atoms. The molecule has 1 N–H and O–H groups in total. The molecule has 0 aliphatic carbocycles. The van der Waals surface area contributed by atoms with Gasteiger partial charge in [-0.05, 0) is 29.3 Å². The zero-order valence-corrected chi connectivity index (χ0v) is 12.3. The van der Waals surface area contributed by atoms with Gasteiger partial charge in [-0.3, -0.25) is 4.68 Å². The van der Waals surface area contributed by atoms with Gasteiger partial charge in [-0.2, -0.15) is 5.10 Å². The minimum atomic E-state index is -2.81. The number of halogens is 1. The predicted octanol–water partition coefficient (Wildman–Crippen LogP) is 0.768. The van der Waals surface area contributed by atoms with Crippen LogP contribution in [0.4, 0.5) is 0 Å². The number of nitrogens with zero attached hydrogens (tertiary/aromatic N) is 2. The van der Waals surface area contributed by atoms with Crippen molar-refractivity contribution in [3.8, 4) is 0 Å². The molecule has 1 atom stereocenters. The van der Waals surface area contributed by atoms with Gasteiger partial charge in [0.2, 0.25) is 0 Å². The fraction of sp³-hybridized carbons (Fsp3) is 0.700. The van der Waals surface area contributed by atoms with Gasteiger partial charge in [0.1, 0.15) is 0 Å². The molecule has 17 heavy (non-hydrogen) atoms. The molecule has 0 aromatic carbocycles. The minimum absolute atomic E-state index is 0.0714. The predicted molar refractivity (Wildman–Crippen MR) is 69.5 cm³/mol. The lowest BCUT2D eigenvalue weighted by Crippen LogP contribution is -2.30. The second-order valence-electron chi connectivity index (χ2n) is 4.45. The molecule has 1 saturated heterocycles. The highest BCUT2D eigenvalue weighted by Crippen LogP contribution is 2.20. The van der Waals surface area contributed by atoms with Crippen molar-refractivity contribution in [3.63, 3.8) is 0 Å². The Morgan fingerprint density at radius 3 is 2.76 bits per heavy atom. The largest absolute Gasteiger partial charge is 0.307 e. The second kappa shape index (κ2) is 4.70. The molecule has 2 rings (SSSR count). The molecule has 5 nitrogen and oxygen atoms in total. The molecular weight excluding hydrogens is 306 g/mol. The first kappa shape index (κ1) is 13.0. The summed E-state index contributed by atoms with van der Waals surface area (Å²) in [6.45, 7) is 2.58. The maximum Gasteiger partial charge on any atom is 0.151 e. The summed E-state index contributed by atoms with van der Waals surface area (Å²) in [5.74, 6) is 0.553. The molecule has 1 fully saturated rings. The third kappa shape index (κ3) is 2.89. The number of aryl methyl sites for hydroxylation is 2. The van der Waals surface area contributed by atoms with E-state index >= 15 is 0 Å². The van der Waals surface area contributed by atoms with Crippen LogP contribution in [0, 0.1) is 6.92 Å². The monoisotopic (exact) mass is 321 g/mol. The van der Waals surface area contributed by atoms with E-state index in [0.717, 1.165) is 15.9 Å². The number of rotatable bonds is 3. The van der Waals surface area contributed by atoms with Crippen LogP contribution in [0.2, 0.25) is 0 Å². The molecule has 2 heterocycles. The van der Waals surface area contributed by atoms with E-state index in [1.807, 2.05) is 18.7 Å². The van der Waals surface area contributed by atoms with Crippen molar-refractivity contribution < 1.29 is 8.42 Å². The molecule has 0 radical (unpaired) electrons. The Labute approximate surface area is 110 Å². The van der Waals surface area contributed by atoms with Crippen molar-refractivity contribution in [2.75, 3.05) is 11.5 Å². The molecular formula is C10H16BrN3O2S. The van der Waals surface area contributed by atoms with Crippen molar-refractivity contribution in [1.82, 2.24) is 15.1 Å². The van der Waals surface area contributed by atoms with Gasteiger partial charge in [-0.15, -0.1) is 0 Å². The van der Waals surface area contributed by atoms with E-state index in [1.54, 1.807) is 0 Å². The number of sulfone groups is 1. The quantitative estimate of drug-likeness (QED) is 0.893. The molecule has 1 aromatic heterocycles. The zero-order chi connectivity index (χ0) is 12.6. The SMILES string of the molecule is Cc1nn(C)c(CNC2CCS(=O)(=O)C2)c1Br. The smallest absolute Gasteiger partial charge is 0.151 e. The lowest BCUT2D eigenvalue weighted by molar-refractivity contribution is 0.532. The van der Waals surface area contributed by atoms with Gasteiger partial charge in [0.25, 0.3) is 0 Å². The van der Waals surface area contributed by atoms with E-state index in [9.17, 15) is 8.42 Å². The van der Waals surface area contributed by atoms with Crippen molar-refractivity contribution in [3.05, 3.63) is 15.9 Å². The Morgan fingerprint density at radius 1 is 1.59 bits per heavy atom. The van der Waals surface area contributed by atoms with E-state index in [4.69, 9.17) is 0 Å². The van der Waals surface area contributed by atoms with Gasteiger partial charge >= 0.3 is 0 Å². The first-order valence-corrected chi connectivity index (χ1v) is 8.12. The third-order valence-electron chi connectivity index (χ3n) is 3.05. The summed E-state index contributed by atoms with van der Waals surface area (Å²) in [6, 6.07) is 0.0714. The van der Waals surface area contributed by atoms with Crippen LogP contribution in [0.5, 0.6) is 0 Å². The average molecular weight is 322 g/mol. The van der Waals surface area contributed by atoms with Crippen LogP contribution < -0.4 is 5.32 Å². The average Bonchev–Trinajstić information content (AvgIpc) is 2.68. The molecule has 0 amide bonds. The summed E-state index contributed by atoms with van der Waals surface area (Å²) in [7, 11) is -0.922. The maximum atomic E-state index is 11.3. The number of hydrogen-bond acceptors (Lipinski definition) is 4. The van der Waals surface area contributed by atoms with Gasteiger partial charge in [0.05, 0.1) is 27.4 Å². The molecule has 0 bridgehead atoms. The van der Waals surface area contributed by atoms with Crippen molar-refractivity contribution in [2.45, 2.75) is 25.9 Å². The Morgan fingerprint density at radius 2 is 2.29 bits per heavy atom. The van der Waals surface area contributed by atoms with Crippen molar-refractivity contribution in [1.29, 1.82) is 0 Å². The number of aromatic nitrogens is 2. The molecule has 1 aliphatic rings. The van der Waals surface area contributed by atoms with Gasteiger partial charge in [0, 0.05) is 19.6 Å².